The normalized spacial score (nSPS) is 11.1. The molecular formula is C17H14BrClN4O. The Hall–Kier alpha value is -2.31. The van der Waals surface area contributed by atoms with Crippen LogP contribution in [0.2, 0.25) is 5.02 Å². The van der Waals surface area contributed by atoms with Crippen molar-refractivity contribution in [1.82, 2.24) is 9.66 Å². The number of hydrogen-bond donors (Lipinski definition) is 1. The van der Waals surface area contributed by atoms with Gasteiger partial charge >= 0.3 is 0 Å². The summed E-state index contributed by atoms with van der Waals surface area (Å²) in [6, 6.07) is 13.0. The third kappa shape index (κ3) is 3.60. The second kappa shape index (κ2) is 7.07. The Bertz CT molecular complexity index is 893. The number of aromatic nitrogens is 2. The molecule has 0 saturated carbocycles. The number of nitrogens with two attached hydrogens (primary N) is 1. The lowest BCUT2D eigenvalue weighted by atomic mass is 10.2. The van der Waals surface area contributed by atoms with Crippen LogP contribution in [0.3, 0.4) is 0 Å². The van der Waals surface area contributed by atoms with Crippen molar-refractivity contribution < 1.29 is 4.74 Å². The number of halogens is 2. The average molecular weight is 406 g/mol. The summed E-state index contributed by atoms with van der Waals surface area (Å²) in [5, 5.41) is 4.82. The number of nitrogens with zero attached hydrogens (tertiary/aromatic N) is 3. The molecule has 24 heavy (non-hydrogen) atoms. The van der Waals surface area contributed by atoms with E-state index in [0.29, 0.717) is 28.0 Å². The van der Waals surface area contributed by atoms with Gasteiger partial charge in [0.1, 0.15) is 5.75 Å². The highest BCUT2D eigenvalue weighted by Crippen LogP contribution is 2.36. The van der Waals surface area contributed by atoms with Gasteiger partial charge in [-0.05, 0) is 47.1 Å². The Morgan fingerprint density at radius 1 is 1.25 bits per heavy atom. The molecule has 2 aromatic carbocycles. The molecule has 7 heteroatoms. The Balaban J connectivity index is 2.00. The molecule has 0 fully saturated rings. The highest BCUT2D eigenvalue weighted by molar-refractivity contribution is 9.10. The zero-order valence-corrected chi connectivity index (χ0v) is 15.1. The van der Waals surface area contributed by atoms with E-state index in [-0.39, 0.29) is 0 Å². The number of rotatable bonds is 4. The topological polar surface area (TPSA) is 65.4 Å². The number of para-hydroxylation sites is 1. The van der Waals surface area contributed by atoms with Crippen molar-refractivity contribution in [1.29, 1.82) is 0 Å². The standard InChI is InChI=1S/C17H14BrClN4O/c1-11-10-23(17(20)22-11)21-9-13-14(18)7-8-15(19)16(13)24-12-5-3-2-4-6-12/h2-10H,1H3,(H2,20,22). The number of benzene rings is 2. The number of anilines is 1. The Morgan fingerprint density at radius 3 is 2.67 bits per heavy atom. The van der Waals surface area contributed by atoms with Gasteiger partial charge in [-0.25, -0.2) is 9.66 Å². The van der Waals surface area contributed by atoms with Gasteiger partial charge in [-0.15, -0.1) is 0 Å². The highest BCUT2D eigenvalue weighted by atomic mass is 79.9. The summed E-state index contributed by atoms with van der Waals surface area (Å²) in [6.45, 7) is 1.85. The monoisotopic (exact) mass is 404 g/mol. The number of ether oxygens (including phenoxy) is 1. The summed E-state index contributed by atoms with van der Waals surface area (Å²) in [6.07, 6.45) is 3.37. The summed E-state index contributed by atoms with van der Waals surface area (Å²) in [4.78, 5) is 4.11. The molecule has 0 saturated heterocycles. The summed E-state index contributed by atoms with van der Waals surface area (Å²) in [5.41, 5.74) is 7.30. The Labute approximate surface area is 152 Å². The maximum Gasteiger partial charge on any atom is 0.221 e. The zero-order valence-electron chi connectivity index (χ0n) is 12.8. The molecule has 1 heterocycles. The van der Waals surface area contributed by atoms with E-state index in [1.54, 1.807) is 18.5 Å². The quantitative estimate of drug-likeness (QED) is 0.630. The number of nitrogen functional groups attached to an aromatic ring is 1. The van der Waals surface area contributed by atoms with Crippen LogP contribution in [0.4, 0.5) is 5.95 Å². The molecule has 2 N–H and O–H groups in total. The first kappa shape index (κ1) is 16.5. The van der Waals surface area contributed by atoms with Crippen molar-refractivity contribution in [3.05, 3.63) is 69.4 Å². The number of imidazole rings is 1. The van der Waals surface area contributed by atoms with Gasteiger partial charge in [-0.1, -0.05) is 29.8 Å². The van der Waals surface area contributed by atoms with Crippen LogP contribution in [0.25, 0.3) is 0 Å². The van der Waals surface area contributed by atoms with E-state index in [0.717, 1.165) is 10.2 Å². The minimum absolute atomic E-state index is 0.312. The average Bonchev–Trinajstić information content (AvgIpc) is 2.89. The first-order valence-corrected chi connectivity index (χ1v) is 8.28. The van der Waals surface area contributed by atoms with Crippen molar-refractivity contribution in [3.8, 4) is 11.5 Å². The van der Waals surface area contributed by atoms with E-state index in [1.165, 1.54) is 4.68 Å². The Morgan fingerprint density at radius 2 is 2.00 bits per heavy atom. The summed E-state index contributed by atoms with van der Waals surface area (Å²) in [5.74, 6) is 1.51. The van der Waals surface area contributed by atoms with Crippen molar-refractivity contribution in [2.24, 2.45) is 5.10 Å². The molecule has 0 aliphatic carbocycles. The number of aryl methyl sites for hydroxylation is 1. The Kier molecular flexibility index (Phi) is 4.87. The molecule has 5 nitrogen and oxygen atoms in total. The largest absolute Gasteiger partial charge is 0.455 e. The molecule has 0 aliphatic heterocycles. The molecule has 0 amide bonds. The smallest absolute Gasteiger partial charge is 0.221 e. The molecule has 1 aromatic heterocycles. The van der Waals surface area contributed by atoms with Crippen LogP contribution in [0, 0.1) is 6.92 Å². The molecule has 122 valence electrons. The van der Waals surface area contributed by atoms with Crippen molar-refractivity contribution >= 4 is 39.7 Å². The molecule has 0 aliphatic rings. The molecule has 3 rings (SSSR count). The van der Waals surface area contributed by atoms with Gasteiger partial charge in [0, 0.05) is 4.47 Å². The van der Waals surface area contributed by atoms with Crippen LogP contribution < -0.4 is 10.5 Å². The van der Waals surface area contributed by atoms with Gasteiger partial charge in [0.25, 0.3) is 0 Å². The van der Waals surface area contributed by atoms with Crippen LogP contribution in [-0.2, 0) is 0 Å². The van der Waals surface area contributed by atoms with Crippen LogP contribution in [0.5, 0.6) is 11.5 Å². The van der Waals surface area contributed by atoms with E-state index in [4.69, 9.17) is 22.1 Å². The minimum atomic E-state index is 0.312. The van der Waals surface area contributed by atoms with Crippen molar-refractivity contribution in [2.75, 3.05) is 5.73 Å². The maximum atomic E-state index is 6.32. The first-order valence-electron chi connectivity index (χ1n) is 7.11. The van der Waals surface area contributed by atoms with Crippen molar-refractivity contribution in [3.63, 3.8) is 0 Å². The predicted molar refractivity (Wildman–Crippen MR) is 100 cm³/mol. The third-order valence-electron chi connectivity index (χ3n) is 3.20. The molecule has 0 spiro atoms. The van der Waals surface area contributed by atoms with Crippen molar-refractivity contribution in [2.45, 2.75) is 6.92 Å². The minimum Gasteiger partial charge on any atom is -0.455 e. The zero-order chi connectivity index (χ0) is 17.1. The van der Waals surface area contributed by atoms with Crippen LogP contribution in [0.15, 0.2) is 58.2 Å². The van der Waals surface area contributed by atoms with E-state index >= 15 is 0 Å². The summed E-state index contributed by atoms with van der Waals surface area (Å²) in [7, 11) is 0. The fourth-order valence-electron chi connectivity index (χ4n) is 2.10. The highest BCUT2D eigenvalue weighted by Gasteiger charge is 2.12. The lowest BCUT2D eigenvalue weighted by molar-refractivity contribution is 0.482. The lowest BCUT2D eigenvalue weighted by Crippen LogP contribution is -1.99. The van der Waals surface area contributed by atoms with Crippen LogP contribution >= 0.6 is 27.5 Å². The second-order valence-electron chi connectivity index (χ2n) is 5.02. The number of hydrogen-bond acceptors (Lipinski definition) is 4. The first-order chi connectivity index (χ1) is 11.5. The predicted octanol–water partition coefficient (Wildman–Crippen LogP) is 4.86. The third-order valence-corrected chi connectivity index (χ3v) is 4.19. The lowest BCUT2D eigenvalue weighted by Gasteiger charge is -2.12. The van der Waals surface area contributed by atoms with Gasteiger partial charge in [-0.2, -0.15) is 5.10 Å². The molecular weight excluding hydrogens is 392 g/mol. The molecule has 0 unspecified atom stereocenters. The van der Waals surface area contributed by atoms with Gasteiger partial charge in [0.05, 0.1) is 28.7 Å². The van der Waals surface area contributed by atoms with E-state index in [1.807, 2.05) is 43.3 Å². The van der Waals surface area contributed by atoms with Gasteiger partial charge in [0.2, 0.25) is 5.95 Å². The molecule has 0 bridgehead atoms. The van der Waals surface area contributed by atoms with Gasteiger partial charge in [0.15, 0.2) is 5.75 Å². The van der Waals surface area contributed by atoms with E-state index < -0.39 is 0 Å². The maximum absolute atomic E-state index is 6.32. The second-order valence-corrected chi connectivity index (χ2v) is 6.28. The van der Waals surface area contributed by atoms with E-state index in [2.05, 4.69) is 26.0 Å². The SMILES string of the molecule is Cc1cn(N=Cc2c(Br)ccc(Cl)c2Oc2ccccc2)c(N)n1. The molecule has 3 aromatic rings. The fraction of sp³-hybridized carbons (Fsp3) is 0.0588. The molecule has 0 radical (unpaired) electrons. The van der Waals surface area contributed by atoms with Gasteiger partial charge in [-0.3, -0.25) is 0 Å². The van der Waals surface area contributed by atoms with Gasteiger partial charge < -0.3 is 10.5 Å². The summed E-state index contributed by atoms with van der Waals surface area (Å²) >= 11 is 9.82. The molecule has 0 atom stereocenters. The van der Waals surface area contributed by atoms with Crippen LogP contribution in [0.1, 0.15) is 11.3 Å². The van der Waals surface area contributed by atoms with Crippen LogP contribution in [-0.4, -0.2) is 15.9 Å². The summed E-state index contributed by atoms with van der Waals surface area (Å²) < 4.78 is 8.23. The van der Waals surface area contributed by atoms with E-state index in [9.17, 15) is 0 Å². The fourth-order valence-corrected chi connectivity index (χ4v) is 2.71.